The third-order valence-corrected chi connectivity index (χ3v) is 7.20. The molecule has 1 fully saturated rings. The van der Waals surface area contributed by atoms with Crippen molar-refractivity contribution in [3.8, 4) is 0 Å². The zero-order chi connectivity index (χ0) is 32.8. The van der Waals surface area contributed by atoms with Crippen LogP contribution in [0.3, 0.4) is 0 Å². The van der Waals surface area contributed by atoms with E-state index in [0.717, 1.165) is 55.3 Å². The maximum absolute atomic E-state index is 13.3. The Hall–Kier alpha value is -3.40. The molecule has 44 heavy (non-hydrogen) atoms. The molecule has 1 heterocycles. The topological polar surface area (TPSA) is 109 Å². The average Bonchev–Trinajstić information content (AvgIpc) is 3.36. The fraction of sp³-hybridized carbons (Fsp3) is 0.588. The number of nitrogens with zero attached hydrogens (tertiary/aromatic N) is 3. The molecule has 2 amide bonds. The van der Waals surface area contributed by atoms with Crippen LogP contribution in [0.15, 0.2) is 68.8 Å². The smallest absolute Gasteiger partial charge is 0.236 e. The van der Waals surface area contributed by atoms with E-state index < -0.39 is 12.6 Å². The summed E-state index contributed by atoms with van der Waals surface area (Å²) in [6, 6.07) is 0. The first-order valence-corrected chi connectivity index (χ1v) is 15.5. The maximum Gasteiger partial charge on any atom is 0.236 e. The first kappa shape index (κ1) is 38.6. The zero-order valence-electron chi connectivity index (χ0n) is 27.3. The molecule has 1 saturated carbocycles. The van der Waals surface area contributed by atoms with Gasteiger partial charge >= 0.3 is 0 Å². The van der Waals surface area contributed by atoms with E-state index in [0.29, 0.717) is 19.4 Å². The summed E-state index contributed by atoms with van der Waals surface area (Å²) in [6.07, 6.45) is 21.7. The van der Waals surface area contributed by atoms with Crippen molar-refractivity contribution in [2.24, 2.45) is 27.2 Å². The van der Waals surface area contributed by atoms with Crippen LogP contribution in [-0.4, -0.2) is 62.7 Å². The number of fused-ring (bicyclic) bond motifs is 1. The second kappa shape index (κ2) is 22.2. The molecule has 0 aromatic rings. The highest BCUT2D eigenvalue weighted by molar-refractivity contribution is 5.77. The Morgan fingerprint density at radius 2 is 2.07 bits per heavy atom. The quantitative estimate of drug-likeness (QED) is 0.114. The second-order valence-corrected chi connectivity index (χ2v) is 12.0. The van der Waals surface area contributed by atoms with Crippen LogP contribution in [0.4, 0.5) is 8.78 Å². The van der Waals surface area contributed by atoms with Gasteiger partial charge in [-0.2, -0.15) is 5.10 Å². The summed E-state index contributed by atoms with van der Waals surface area (Å²) in [5.41, 5.74) is 9.48. The zero-order valence-corrected chi connectivity index (χ0v) is 27.3. The Bertz CT molecular complexity index is 1100. The molecule has 10 heteroatoms. The summed E-state index contributed by atoms with van der Waals surface area (Å²) in [5.74, 6) is 0.128. The van der Waals surface area contributed by atoms with Crippen molar-refractivity contribution in [1.29, 1.82) is 0 Å². The molecule has 0 bridgehead atoms. The number of amides is 2. The fourth-order valence-electron chi connectivity index (χ4n) is 4.47. The molecule has 8 nitrogen and oxygen atoms in total. The number of allylic oxidation sites excluding steroid dienone is 7. The van der Waals surface area contributed by atoms with E-state index in [1.807, 2.05) is 36.4 Å². The van der Waals surface area contributed by atoms with Gasteiger partial charge in [0.15, 0.2) is 0 Å². The van der Waals surface area contributed by atoms with E-state index in [9.17, 15) is 18.4 Å². The first-order valence-electron chi connectivity index (χ1n) is 15.5. The van der Waals surface area contributed by atoms with Crippen molar-refractivity contribution < 1.29 is 23.1 Å². The van der Waals surface area contributed by atoms with Crippen LogP contribution in [0.2, 0.25) is 0 Å². The summed E-state index contributed by atoms with van der Waals surface area (Å²) < 4.78 is 30.9. The van der Waals surface area contributed by atoms with Crippen molar-refractivity contribution in [3.63, 3.8) is 0 Å². The molecule has 0 spiro atoms. The van der Waals surface area contributed by atoms with Crippen LogP contribution in [0.5, 0.6) is 0 Å². The summed E-state index contributed by atoms with van der Waals surface area (Å²) in [5, 5.41) is 8.62. The molecule has 3 rings (SSSR count). The largest absolute Gasteiger partial charge is 0.375 e. The summed E-state index contributed by atoms with van der Waals surface area (Å²) in [7, 11) is 0. The minimum Gasteiger partial charge on any atom is -0.375 e. The number of hydrazone groups is 1. The summed E-state index contributed by atoms with van der Waals surface area (Å²) in [6.45, 7) is 12.0. The minimum absolute atomic E-state index is 0.0799. The van der Waals surface area contributed by atoms with Gasteiger partial charge in [0.25, 0.3) is 0 Å². The number of alkyl halides is 1. The molecule has 0 saturated heterocycles. The molecule has 2 aliphatic carbocycles. The monoisotopic (exact) mass is 617 g/mol. The van der Waals surface area contributed by atoms with Gasteiger partial charge in [0.1, 0.15) is 12.5 Å². The number of nitrogens with two attached hydrogens (primary N) is 1. The van der Waals surface area contributed by atoms with Gasteiger partial charge in [0.2, 0.25) is 12.3 Å². The third kappa shape index (κ3) is 17.7. The molecule has 0 radical (unpaired) electrons. The van der Waals surface area contributed by atoms with E-state index in [1.54, 1.807) is 11.6 Å². The molecule has 1 atom stereocenters. The van der Waals surface area contributed by atoms with Gasteiger partial charge < -0.3 is 15.8 Å². The highest BCUT2D eigenvalue weighted by atomic mass is 19.1. The predicted octanol–water partition coefficient (Wildman–Crippen LogP) is 6.87. The van der Waals surface area contributed by atoms with Gasteiger partial charge in [0.05, 0.1) is 31.1 Å². The van der Waals surface area contributed by atoms with Crippen molar-refractivity contribution >= 4 is 24.7 Å². The average molecular weight is 618 g/mol. The number of nitrogens with one attached hydrogen (secondary N) is 1. The molecule has 1 aliphatic heterocycles. The normalized spacial score (nSPS) is 20.8. The van der Waals surface area contributed by atoms with Gasteiger partial charge in [-0.3, -0.25) is 19.6 Å². The van der Waals surface area contributed by atoms with Crippen LogP contribution in [0.25, 0.3) is 0 Å². The molecule has 1 unspecified atom stereocenters. The van der Waals surface area contributed by atoms with Crippen LogP contribution < -0.4 is 11.1 Å². The Morgan fingerprint density at radius 1 is 1.30 bits per heavy atom. The molecular formula is C34H53F2N5O3. The van der Waals surface area contributed by atoms with E-state index in [4.69, 9.17) is 4.74 Å². The number of ether oxygens (including phenoxy) is 1. The number of hydrogen-bond donors (Lipinski definition) is 2. The molecular weight excluding hydrogens is 564 g/mol. The number of rotatable bonds is 11. The van der Waals surface area contributed by atoms with Gasteiger partial charge in [-0.15, -0.1) is 0 Å². The number of primary amides is 1. The number of aliphatic imine (C=N–C) groups is 1. The van der Waals surface area contributed by atoms with Crippen molar-refractivity contribution in [2.75, 3.05) is 33.0 Å². The standard InChI is InChI=1S/C17H21FN2.C14H26FNO.C3H6N2O2/c18-16-7-2-8-17(10-9-16)20-13-11-15-5-1-4-14(15)6-3-12-19-20;1-6-12(2)13(16-9-8-15)11-17-10-7-14(3,4)5;4-3(7)1-5-2-6/h2,8-12,14H,1,3-7,13H2;9H,6-8,10-11H2,1-5H3;2H,1H2,(H2,4,7)(H,5,6)/b15-11-,19-12-;13-12-,16-9?;. The lowest BCUT2D eigenvalue weighted by Gasteiger charge is -2.18. The predicted molar refractivity (Wildman–Crippen MR) is 176 cm³/mol. The van der Waals surface area contributed by atoms with Crippen molar-refractivity contribution in [2.45, 2.75) is 86.0 Å². The van der Waals surface area contributed by atoms with Crippen LogP contribution >= 0.6 is 0 Å². The van der Waals surface area contributed by atoms with Gasteiger partial charge in [-0.1, -0.05) is 45.4 Å². The van der Waals surface area contributed by atoms with Gasteiger partial charge in [-0.25, -0.2) is 8.78 Å². The van der Waals surface area contributed by atoms with Crippen molar-refractivity contribution in [1.82, 2.24) is 10.3 Å². The molecule has 3 aliphatic rings. The second-order valence-electron chi connectivity index (χ2n) is 12.0. The summed E-state index contributed by atoms with van der Waals surface area (Å²) >= 11 is 0. The number of hydrogen-bond acceptors (Lipinski definition) is 6. The molecule has 0 aromatic carbocycles. The van der Waals surface area contributed by atoms with Gasteiger partial charge in [-0.05, 0) is 87.0 Å². The van der Waals surface area contributed by atoms with Crippen LogP contribution in [0, 0.1) is 11.3 Å². The minimum atomic E-state index is -0.535. The Morgan fingerprint density at radius 3 is 2.70 bits per heavy atom. The lowest BCUT2D eigenvalue weighted by atomic mass is 9.93. The fourth-order valence-corrected chi connectivity index (χ4v) is 4.47. The lowest BCUT2D eigenvalue weighted by molar-refractivity contribution is -0.119. The Labute approximate surface area is 263 Å². The molecule has 0 aromatic heterocycles. The number of halogens is 2. The van der Waals surface area contributed by atoms with Crippen LogP contribution in [-0.2, 0) is 14.3 Å². The van der Waals surface area contributed by atoms with Crippen LogP contribution in [0.1, 0.15) is 86.0 Å². The summed E-state index contributed by atoms with van der Waals surface area (Å²) in [4.78, 5) is 23.3. The SMILES string of the molecule is CC/C(C)=C(/COCCC(C)(C)C)N=CCF.FC1=CC=C(N2C/C=C3/CCCC3CC/C=N\2)C=CC1.NC(=O)CNC=O. The van der Waals surface area contributed by atoms with Gasteiger partial charge in [0, 0.05) is 25.5 Å². The van der Waals surface area contributed by atoms with Crippen molar-refractivity contribution in [3.05, 3.63) is 58.7 Å². The number of carbonyl (C=O) groups is 2. The highest BCUT2D eigenvalue weighted by Gasteiger charge is 2.21. The van der Waals surface area contributed by atoms with E-state index >= 15 is 0 Å². The Kier molecular flexibility index (Phi) is 19.5. The first-order chi connectivity index (χ1) is 21.0. The highest BCUT2D eigenvalue weighted by Crippen LogP contribution is 2.34. The molecule has 3 N–H and O–H groups in total. The maximum atomic E-state index is 13.3. The molecule has 246 valence electrons. The lowest BCUT2D eigenvalue weighted by Crippen LogP contribution is -2.27. The number of carbonyl (C=O) groups excluding carboxylic acids is 2. The Balaban J connectivity index is 0.000000368. The third-order valence-electron chi connectivity index (χ3n) is 7.20. The van der Waals surface area contributed by atoms with E-state index in [2.05, 4.69) is 54.9 Å². The van der Waals surface area contributed by atoms with E-state index in [-0.39, 0.29) is 17.8 Å². The van der Waals surface area contributed by atoms with E-state index in [1.165, 1.54) is 31.9 Å².